The highest BCUT2D eigenvalue weighted by molar-refractivity contribution is 7.99. The number of carbonyl (C=O) groups is 1. The molecule has 0 amide bonds. The SMILES string of the molecule is CC(C)(C)OC(=O)CSc1nc2c(c(=O)n1-c1ccc(F)cc1)=CCC(CN/C=N\O)C=2. The molecule has 0 bridgehead atoms. The molecule has 1 aliphatic carbocycles. The van der Waals surface area contributed by atoms with E-state index in [0.717, 1.165) is 11.8 Å². The van der Waals surface area contributed by atoms with E-state index in [1.165, 1.54) is 35.2 Å². The van der Waals surface area contributed by atoms with Gasteiger partial charge >= 0.3 is 5.97 Å². The van der Waals surface area contributed by atoms with Crippen LogP contribution in [0.3, 0.4) is 0 Å². The van der Waals surface area contributed by atoms with E-state index in [0.29, 0.717) is 34.4 Å². The highest BCUT2D eigenvalue weighted by atomic mass is 32.2. The van der Waals surface area contributed by atoms with Crippen molar-refractivity contribution < 1.29 is 19.1 Å². The largest absolute Gasteiger partial charge is 0.459 e. The topological polar surface area (TPSA) is 106 Å². The van der Waals surface area contributed by atoms with Crippen molar-refractivity contribution in [2.45, 2.75) is 37.9 Å². The number of nitrogens with zero attached hydrogens (tertiary/aromatic N) is 3. The van der Waals surface area contributed by atoms with Crippen molar-refractivity contribution in [3.05, 3.63) is 51.0 Å². The van der Waals surface area contributed by atoms with Gasteiger partial charge in [-0.1, -0.05) is 29.1 Å². The normalized spacial score (nSPS) is 15.6. The van der Waals surface area contributed by atoms with Gasteiger partial charge in [-0.05, 0) is 51.5 Å². The minimum Gasteiger partial charge on any atom is -0.459 e. The molecule has 2 aromatic rings. The molecule has 0 radical (unpaired) electrons. The summed E-state index contributed by atoms with van der Waals surface area (Å²) in [5, 5.41) is 15.6. The fourth-order valence-electron chi connectivity index (χ4n) is 3.21. The zero-order chi connectivity index (χ0) is 23.3. The smallest absolute Gasteiger partial charge is 0.316 e. The Morgan fingerprint density at radius 1 is 1.41 bits per heavy atom. The lowest BCUT2D eigenvalue weighted by atomic mass is 10.00. The van der Waals surface area contributed by atoms with Crippen LogP contribution in [0.25, 0.3) is 17.8 Å². The van der Waals surface area contributed by atoms with Gasteiger partial charge in [0.25, 0.3) is 5.56 Å². The minimum atomic E-state index is -0.627. The number of thioether (sulfide) groups is 1. The van der Waals surface area contributed by atoms with Crippen molar-refractivity contribution in [2.75, 3.05) is 12.3 Å². The predicted molar refractivity (Wildman–Crippen MR) is 121 cm³/mol. The average molecular weight is 461 g/mol. The van der Waals surface area contributed by atoms with Gasteiger partial charge in [-0.3, -0.25) is 14.2 Å². The van der Waals surface area contributed by atoms with E-state index in [9.17, 15) is 14.0 Å². The summed E-state index contributed by atoms with van der Waals surface area (Å²) in [6, 6.07) is 5.53. The van der Waals surface area contributed by atoms with E-state index in [2.05, 4.69) is 15.5 Å². The first-order valence-corrected chi connectivity index (χ1v) is 11.0. The lowest BCUT2D eigenvalue weighted by Crippen LogP contribution is -2.49. The van der Waals surface area contributed by atoms with Gasteiger partial charge in [0.15, 0.2) is 5.16 Å². The molecule has 8 nitrogen and oxygen atoms in total. The van der Waals surface area contributed by atoms with Crippen LogP contribution in [0.5, 0.6) is 0 Å². The number of ether oxygens (including phenoxy) is 1. The first-order chi connectivity index (χ1) is 15.2. The maximum atomic E-state index is 13.4. The van der Waals surface area contributed by atoms with Gasteiger partial charge in [-0.2, -0.15) is 0 Å². The third kappa shape index (κ3) is 5.97. The van der Waals surface area contributed by atoms with Gasteiger partial charge in [0, 0.05) is 12.5 Å². The Hall–Kier alpha value is -3.14. The second kappa shape index (κ2) is 9.99. The molecule has 0 saturated heterocycles. The summed E-state index contributed by atoms with van der Waals surface area (Å²) in [6.07, 6.45) is 5.48. The Balaban J connectivity index is 2.03. The van der Waals surface area contributed by atoms with Gasteiger partial charge in [-0.25, -0.2) is 9.37 Å². The number of oxime groups is 1. The van der Waals surface area contributed by atoms with Crippen molar-refractivity contribution in [3.8, 4) is 5.69 Å². The van der Waals surface area contributed by atoms with Crippen molar-refractivity contribution in [3.63, 3.8) is 0 Å². The Morgan fingerprint density at radius 2 is 2.12 bits per heavy atom. The zero-order valence-electron chi connectivity index (χ0n) is 18.0. The number of benzene rings is 1. The number of nitrogens with one attached hydrogen (secondary N) is 1. The molecule has 2 N–H and O–H groups in total. The number of hydrogen-bond donors (Lipinski definition) is 2. The van der Waals surface area contributed by atoms with E-state index < -0.39 is 17.4 Å². The maximum absolute atomic E-state index is 13.4. The summed E-state index contributed by atoms with van der Waals surface area (Å²) < 4.78 is 20.2. The van der Waals surface area contributed by atoms with Gasteiger partial charge in [0.2, 0.25) is 0 Å². The fraction of sp³-hybridized carbons (Fsp3) is 0.364. The number of hydrogen-bond acceptors (Lipinski definition) is 7. The molecule has 0 fully saturated rings. The molecule has 1 aliphatic rings. The lowest BCUT2D eigenvalue weighted by molar-refractivity contribution is -0.151. The Kier molecular flexibility index (Phi) is 7.34. The van der Waals surface area contributed by atoms with Crippen molar-refractivity contribution in [1.82, 2.24) is 14.9 Å². The number of halogens is 1. The highest BCUT2D eigenvalue weighted by Crippen LogP contribution is 2.19. The molecule has 10 heteroatoms. The lowest BCUT2D eigenvalue weighted by Gasteiger charge is -2.20. The summed E-state index contributed by atoms with van der Waals surface area (Å²) in [5.74, 6) is -0.845. The van der Waals surface area contributed by atoms with E-state index >= 15 is 0 Å². The quantitative estimate of drug-likeness (QED) is 0.122. The molecule has 1 heterocycles. The third-order valence-corrected chi connectivity index (χ3v) is 5.40. The molecular formula is C22H25FN4O4S. The van der Waals surface area contributed by atoms with Crippen molar-refractivity contribution in [2.24, 2.45) is 11.1 Å². The number of rotatable bonds is 7. The van der Waals surface area contributed by atoms with Crippen molar-refractivity contribution >= 4 is 36.2 Å². The van der Waals surface area contributed by atoms with Crippen LogP contribution in [0.15, 0.2) is 39.4 Å². The summed E-state index contributed by atoms with van der Waals surface area (Å²) in [5.41, 5.74) is -0.471. The Morgan fingerprint density at radius 3 is 2.78 bits per heavy atom. The molecular weight excluding hydrogens is 435 g/mol. The van der Waals surface area contributed by atoms with Crippen LogP contribution in [0.4, 0.5) is 4.39 Å². The van der Waals surface area contributed by atoms with Gasteiger partial charge in [0.1, 0.15) is 17.8 Å². The zero-order valence-corrected chi connectivity index (χ0v) is 18.9. The van der Waals surface area contributed by atoms with Gasteiger partial charge in [0.05, 0.1) is 22.0 Å². The van der Waals surface area contributed by atoms with Crippen LogP contribution in [0.1, 0.15) is 27.2 Å². The van der Waals surface area contributed by atoms with Gasteiger partial charge < -0.3 is 15.3 Å². The van der Waals surface area contributed by atoms with Gasteiger partial charge in [-0.15, -0.1) is 0 Å². The molecule has 1 aromatic carbocycles. The monoisotopic (exact) mass is 460 g/mol. The van der Waals surface area contributed by atoms with E-state index in [1.54, 1.807) is 20.8 Å². The van der Waals surface area contributed by atoms with E-state index in [1.807, 2.05) is 12.2 Å². The van der Waals surface area contributed by atoms with Crippen molar-refractivity contribution in [1.29, 1.82) is 0 Å². The molecule has 32 heavy (non-hydrogen) atoms. The van der Waals surface area contributed by atoms with Crippen LogP contribution in [0, 0.1) is 11.7 Å². The Labute approximate surface area is 188 Å². The number of carbonyl (C=O) groups excluding carboxylic acids is 1. The molecule has 0 spiro atoms. The second-order valence-electron chi connectivity index (χ2n) is 8.20. The first-order valence-electron chi connectivity index (χ1n) is 10.0. The molecule has 1 unspecified atom stereocenters. The van der Waals surface area contributed by atoms with Crippen LogP contribution >= 0.6 is 11.8 Å². The number of aromatic nitrogens is 2. The summed E-state index contributed by atoms with van der Waals surface area (Å²) >= 11 is 1.08. The number of fused-ring (bicyclic) bond motifs is 1. The minimum absolute atomic E-state index is 0.0364. The third-order valence-electron chi connectivity index (χ3n) is 4.49. The fourth-order valence-corrected chi connectivity index (χ4v) is 3.99. The summed E-state index contributed by atoms with van der Waals surface area (Å²) in [4.78, 5) is 30.2. The van der Waals surface area contributed by atoms with E-state index in [-0.39, 0.29) is 17.2 Å². The maximum Gasteiger partial charge on any atom is 0.316 e. The molecule has 170 valence electrons. The Bertz CT molecular complexity index is 1190. The predicted octanol–water partition coefficient (Wildman–Crippen LogP) is 1.39. The number of esters is 1. The average Bonchev–Trinajstić information content (AvgIpc) is 2.72. The molecule has 3 rings (SSSR count). The molecule has 1 atom stereocenters. The molecule has 0 aliphatic heterocycles. The first kappa shape index (κ1) is 23.5. The van der Waals surface area contributed by atoms with Crippen LogP contribution in [-0.4, -0.2) is 45.0 Å². The standard InChI is InChI=1S/C22H25FN4O4S/c1-22(2,3)31-19(28)12-32-21-26-18-10-14(11-24-13-25-30)4-9-17(18)20(29)27(21)16-7-5-15(23)6-8-16/h5-10,13-14,30H,4,11-12H2,1-3H3,(H,24,25). The van der Waals surface area contributed by atoms with Crippen LogP contribution < -0.4 is 21.4 Å². The second-order valence-corrected chi connectivity index (χ2v) is 9.15. The highest BCUT2D eigenvalue weighted by Gasteiger charge is 2.20. The van der Waals surface area contributed by atoms with E-state index in [4.69, 9.17) is 9.94 Å². The summed E-state index contributed by atoms with van der Waals surface area (Å²) in [6.45, 7) is 5.84. The van der Waals surface area contributed by atoms with Crippen LogP contribution in [0.2, 0.25) is 0 Å². The molecule has 0 saturated carbocycles. The molecule has 1 aromatic heterocycles. The summed E-state index contributed by atoms with van der Waals surface area (Å²) in [7, 11) is 0. The van der Waals surface area contributed by atoms with Crippen LogP contribution in [-0.2, 0) is 9.53 Å².